The van der Waals surface area contributed by atoms with Gasteiger partial charge >= 0.3 is 0 Å². The minimum Gasteiger partial charge on any atom is -0.466 e. The summed E-state index contributed by atoms with van der Waals surface area (Å²) in [6, 6.07) is 1.82. The fourth-order valence-electron chi connectivity index (χ4n) is 2.68. The average Bonchev–Trinajstić information content (AvgIpc) is 2.83. The maximum absolute atomic E-state index is 12.5. The van der Waals surface area contributed by atoms with E-state index < -0.39 is 0 Å². The van der Waals surface area contributed by atoms with E-state index in [1.165, 1.54) is 0 Å². The van der Waals surface area contributed by atoms with Crippen molar-refractivity contribution in [2.75, 3.05) is 26.2 Å². The molecule has 2 N–H and O–H groups in total. The second-order valence-corrected chi connectivity index (χ2v) is 6.02. The summed E-state index contributed by atoms with van der Waals surface area (Å²) in [5.74, 6) is 1.50. The van der Waals surface area contributed by atoms with Crippen LogP contribution in [0.15, 0.2) is 10.5 Å². The van der Waals surface area contributed by atoms with E-state index in [9.17, 15) is 9.59 Å². The average molecular weight is 307 g/mol. The van der Waals surface area contributed by atoms with Crippen molar-refractivity contribution in [3.8, 4) is 0 Å². The molecule has 122 valence electrons. The van der Waals surface area contributed by atoms with E-state index in [4.69, 9.17) is 10.2 Å². The number of hydrogen-bond acceptors (Lipinski definition) is 4. The van der Waals surface area contributed by atoms with Crippen LogP contribution in [0, 0.1) is 13.8 Å². The van der Waals surface area contributed by atoms with Gasteiger partial charge in [-0.1, -0.05) is 0 Å². The third-order valence-corrected chi connectivity index (χ3v) is 4.00. The minimum absolute atomic E-state index is 0.0166. The molecule has 1 saturated heterocycles. The number of hydrogen-bond donors (Lipinski definition) is 1. The van der Waals surface area contributed by atoms with Crippen LogP contribution in [-0.2, 0) is 4.79 Å². The van der Waals surface area contributed by atoms with Gasteiger partial charge in [-0.2, -0.15) is 0 Å². The molecule has 1 aromatic heterocycles. The van der Waals surface area contributed by atoms with Crippen molar-refractivity contribution in [3.63, 3.8) is 0 Å². The Hall–Kier alpha value is -1.82. The molecule has 6 nitrogen and oxygen atoms in total. The first-order valence-electron chi connectivity index (χ1n) is 7.78. The molecule has 2 rings (SSSR count). The number of carbonyl (C=O) groups is 2. The lowest BCUT2D eigenvalue weighted by atomic mass is 10.1. The summed E-state index contributed by atoms with van der Waals surface area (Å²) < 4.78 is 5.42. The van der Waals surface area contributed by atoms with E-state index in [-0.39, 0.29) is 17.9 Å². The zero-order valence-electron chi connectivity index (χ0n) is 13.6. The van der Waals surface area contributed by atoms with Crippen LogP contribution in [0.3, 0.4) is 0 Å². The van der Waals surface area contributed by atoms with Crippen molar-refractivity contribution in [1.29, 1.82) is 0 Å². The summed E-state index contributed by atoms with van der Waals surface area (Å²) in [5, 5.41) is 0. The molecule has 0 spiro atoms. The molecule has 0 bridgehead atoms. The Labute approximate surface area is 131 Å². The number of rotatable bonds is 4. The van der Waals surface area contributed by atoms with E-state index in [1.54, 1.807) is 17.9 Å². The summed E-state index contributed by atoms with van der Waals surface area (Å²) in [6.07, 6.45) is 1.18. The van der Waals surface area contributed by atoms with Crippen molar-refractivity contribution in [1.82, 2.24) is 9.80 Å². The number of aryl methyl sites for hydroxylation is 2. The van der Waals surface area contributed by atoms with Crippen LogP contribution in [-0.4, -0.2) is 53.8 Å². The summed E-state index contributed by atoms with van der Waals surface area (Å²) in [6.45, 7) is 7.82. The number of piperazine rings is 1. The molecule has 1 unspecified atom stereocenters. The molecule has 1 aliphatic heterocycles. The zero-order valence-corrected chi connectivity index (χ0v) is 13.6. The molecule has 0 aromatic carbocycles. The molecule has 6 heteroatoms. The molecular weight excluding hydrogens is 282 g/mol. The summed E-state index contributed by atoms with van der Waals surface area (Å²) in [7, 11) is 0. The van der Waals surface area contributed by atoms with Crippen molar-refractivity contribution >= 4 is 11.8 Å². The molecule has 1 aliphatic rings. The molecule has 0 saturated carbocycles. The van der Waals surface area contributed by atoms with E-state index in [1.807, 2.05) is 18.7 Å². The Bertz CT molecular complexity index is 543. The summed E-state index contributed by atoms with van der Waals surface area (Å²) >= 11 is 0. The van der Waals surface area contributed by atoms with Crippen LogP contribution >= 0.6 is 0 Å². The topological polar surface area (TPSA) is 79.8 Å². The fraction of sp³-hybridized carbons (Fsp3) is 0.625. The van der Waals surface area contributed by atoms with Gasteiger partial charge in [-0.3, -0.25) is 9.59 Å². The first-order chi connectivity index (χ1) is 10.4. The summed E-state index contributed by atoms with van der Waals surface area (Å²) in [4.78, 5) is 28.1. The Kier molecular flexibility index (Phi) is 5.24. The first-order valence-corrected chi connectivity index (χ1v) is 7.78. The second kappa shape index (κ2) is 6.96. The highest BCUT2D eigenvalue weighted by atomic mass is 16.3. The molecule has 1 atom stereocenters. The van der Waals surface area contributed by atoms with Crippen LogP contribution < -0.4 is 5.73 Å². The Balaban J connectivity index is 1.88. The van der Waals surface area contributed by atoms with Gasteiger partial charge in [0, 0.05) is 38.6 Å². The van der Waals surface area contributed by atoms with Crippen LogP contribution in [0.1, 0.15) is 41.6 Å². The second-order valence-electron chi connectivity index (χ2n) is 6.02. The molecule has 22 heavy (non-hydrogen) atoms. The molecule has 2 amide bonds. The molecular formula is C16H25N3O3. The summed E-state index contributed by atoms with van der Waals surface area (Å²) in [5.41, 5.74) is 6.30. The van der Waals surface area contributed by atoms with Crippen molar-refractivity contribution < 1.29 is 14.0 Å². The largest absolute Gasteiger partial charge is 0.466 e. The number of nitrogens with zero attached hydrogens (tertiary/aromatic N) is 2. The van der Waals surface area contributed by atoms with Crippen molar-refractivity contribution in [2.45, 2.75) is 39.7 Å². The van der Waals surface area contributed by atoms with E-state index in [2.05, 4.69) is 0 Å². The van der Waals surface area contributed by atoms with Gasteiger partial charge in [0.05, 0.1) is 5.56 Å². The Morgan fingerprint density at radius 2 is 1.82 bits per heavy atom. The quantitative estimate of drug-likeness (QED) is 0.909. The van der Waals surface area contributed by atoms with Crippen LogP contribution in [0.4, 0.5) is 0 Å². The highest BCUT2D eigenvalue weighted by Gasteiger charge is 2.26. The Morgan fingerprint density at radius 1 is 1.23 bits per heavy atom. The van der Waals surface area contributed by atoms with E-state index in [0.29, 0.717) is 50.3 Å². The monoisotopic (exact) mass is 307 g/mol. The molecule has 2 heterocycles. The smallest absolute Gasteiger partial charge is 0.257 e. The Morgan fingerprint density at radius 3 is 2.32 bits per heavy atom. The lowest BCUT2D eigenvalue weighted by Crippen LogP contribution is -2.50. The number of furan rings is 1. The predicted octanol–water partition coefficient (Wildman–Crippen LogP) is 1.31. The minimum atomic E-state index is -0.0166. The van der Waals surface area contributed by atoms with Gasteiger partial charge in [-0.15, -0.1) is 0 Å². The van der Waals surface area contributed by atoms with Gasteiger partial charge in [-0.25, -0.2) is 0 Å². The van der Waals surface area contributed by atoms with Gasteiger partial charge in [-0.05, 0) is 33.3 Å². The van der Waals surface area contributed by atoms with Gasteiger partial charge in [0.25, 0.3) is 5.91 Å². The fourth-order valence-corrected chi connectivity index (χ4v) is 2.68. The lowest BCUT2D eigenvalue weighted by molar-refractivity contribution is -0.132. The lowest BCUT2D eigenvalue weighted by Gasteiger charge is -2.34. The number of nitrogens with two attached hydrogens (primary N) is 1. The van der Waals surface area contributed by atoms with Crippen molar-refractivity contribution in [3.05, 3.63) is 23.2 Å². The standard InChI is InChI=1S/C16H25N3O3/c1-11(17)4-5-15(20)18-6-8-19(9-7-18)16(21)14-10-12(2)22-13(14)3/h10-11H,4-9,17H2,1-3H3. The highest BCUT2D eigenvalue weighted by Crippen LogP contribution is 2.17. The van der Waals surface area contributed by atoms with E-state index >= 15 is 0 Å². The molecule has 0 aliphatic carbocycles. The van der Waals surface area contributed by atoms with E-state index in [0.717, 1.165) is 5.76 Å². The van der Waals surface area contributed by atoms with Gasteiger partial charge in [0.1, 0.15) is 11.5 Å². The number of amides is 2. The molecule has 0 radical (unpaired) electrons. The number of carbonyl (C=O) groups excluding carboxylic acids is 2. The third-order valence-electron chi connectivity index (χ3n) is 4.00. The zero-order chi connectivity index (χ0) is 16.3. The predicted molar refractivity (Wildman–Crippen MR) is 83.5 cm³/mol. The van der Waals surface area contributed by atoms with Gasteiger partial charge < -0.3 is 20.0 Å². The maximum Gasteiger partial charge on any atom is 0.257 e. The maximum atomic E-state index is 12.5. The third kappa shape index (κ3) is 3.88. The molecule has 1 fully saturated rings. The highest BCUT2D eigenvalue weighted by molar-refractivity contribution is 5.95. The molecule has 1 aromatic rings. The van der Waals surface area contributed by atoms with Crippen LogP contribution in [0.25, 0.3) is 0 Å². The first kappa shape index (κ1) is 16.5. The normalized spacial score (nSPS) is 16.7. The van der Waals surface area contributed by atoms with Crippen LogP contribution in [0.5, 0.6) is 0 Å². The van der Waals surface area contributed by atoms with Gasteiger partial charge in [0.15, 0.2) is 0 Å². The SMILES string of the molecule is Cc1cc(C(=O)N2CCN(C(=O)CCC(C)N)CC2)c(C)o1. The van der Waals surface area contributed by atoms with Gasteiger partial charge in [0.2, 0.25) is 5.91 Å². The van der Waals surface area contributed by atoms with Crippen LogP contribution in [0.2, 0.25) is 0 Å². The van der Waals surface area contributed by atoms with Crippen molar-refractivity contribution in [2.24, 2.45) is 5.73 Å².